The van der Waals surface area contributed by atoms with Gasteiger partial charge in [-0.15, -0.1) is 11.3 Å². The first-order chi connectivity index (χ1) is 9.88. The molecule has 2 atom stereocenters. The largest absolute Gasteiger partial charge is 0.480 e. The molecule has 8 heteroatoms. The lowest BCUT2D eigenvalue weighted by Gasteiger charge is -2.21. The number of carboxylic acid groups (broad SMARTS) is 1. The van der Waals surface area contributed by atoms with Crippen molar-refractivity contribution >= 4 is 29.1 Å². The van der Waals surface area contributed by atoms with Crippen LogP contribution in [0.5, 0.6) is 0 Å². The predicted molar refractivity (Wildman–Crippen MR) is 75.1 cm³/mol. The van der Waals surface area contributed by atoms with E-state index in [0.717, 1.165) is 9.78 Å². The molecule has 1 aliphatic heterocycles. The summed E-state index contributed by atoms with van der Waals surface area (Å²) >= 11 is 1.31. The number of nitrogens with one attached hydrogen (secondary N) is 1. The van der Waals surface area contributed by atoms with Crippen molar-refractivity contribution < 1.29 is 24.6 Å². The average molecular weight is 312 g/mol. The molecule has 2 heterocycles. The monoisotopic (exact) mass is 312 g/mol. The van der Waals surface area contributed by atoms with E-state index in [2.05, 4.69) is 5.32 Å². The summed E-state index contributed by atoms with van der Waals surface area (Å²) in [6, 6.07) is 2.44. The van der Waals surface area contributed by atoms with Gasteiger partial charge in [0.05, 0.1) is 17.5 Å². The van der Waals surface area contributed by atoms with Gasteiger partial charge in [-0.3, -0.25) is 9.59 Å². The van der Waals surface area contributed by atoms with Gasteiger partial charge in [-0.1, -0.05) is 0 Å². The lowest BCUT2D eigenvalue weighted by Crippen LogP contribution is -2.45. The number of likely N-dealkylation sites (tertiary alicyclic amines) is 1. The Hall–Kier alpha value is -1.93. The van der Waals surface area contributed by atoms with Gasteiger partial charge in [-0.05, 0) is 19.1 Å². The Morgan fingerprint density at radius 1 is 1.43 bits per heavy atom. The number of aliphatic hydroxyl groups is 1. The molecule has 3 N–H and O–H groups in total. The van der Waals surface area contributed by atoms with E-state index in [9.17, 15) is 19.5 Å². The highest BCUT2D eigenvalue weighted by atomic mass is 32.1. The molecule has 1 fully saturated rings. The SMILES string of the molecule is Cc1ccc(C(=O)NCC(=O)N2C[C@H](O)C[C@@H]2C(=O)O)s1. The molecule has 1 saturated heterocycles. The Kier molecular flexibility index (Phi) is 4.59. The summed E-state index contributed by atoms with van der Waals surface area (Å²) in [5.41, 5.74) is 0. The van der Waals surface area contributed by atoms with Crippen LogP contribution in [0.4, 0.5) is 0 Å². The van der Waals surface area contributed by atoms with Gasteiger partial charge < -0.3 is 20.4 Å². The van der Waals surface area contributed by atoms with Crippen LogP contribution in [0.25, 0.3) is 0 Å². The van der Waals surface area contributed by atoms with E-state index in [4.69, 9.17) is 5.11 Å². The van der Waals surface area contributed by atoms with Crippen LogP contribution in [0.15, 0.2) is 12.1 Å². The van der Waals surface area contributed by atoms with Crippen molar-refractivity contribution in [3.05, 3.63) is 21.9 Å². The molecule has 7 nitrogen and oxygen atoms in total. The number of aryl methyl sites for hydroxylation is 1. The Bertz CT molecular complexity index is 571. The van der Waals surface area contributed by atoms with Crippen molar-refractivity contribution in [3.8, 4) is 0 Å². The maximum absolute atomic E-state index is 12.0. The molecule has 0 aliphatic carbocycles. The minimum atomic E-state index is -1.15. The number of nitrogens with zero attached hydrogens (tertiary/aromatic N) is 1. The Labute approximate surface area is 125 Å². The van der Waals surface area contributed by atoms with Crippen molar-refractivity contribution in [1.29, 1.82) is 0 Å². The van der Waals surface area contributed by atoms with Crippen LogP contribution in [0.2, 0.25) is 0 Å². The Morgan fingerprint density at radius 2 is 2.14 bits per heavy atom. The van der Waals surface area contributed by atoms with Crippen LogP contribution >= 0.6 is 11.3 Å². The minimum absolute atomic E-state index is 0.0130. The maximum atomic E-state index is 12.0. The molecule has 0 unspecified atom stereocenters. The number of carbonyl (C=O) groups excluding carboxylic acids is 2. The number of aliphatic carboxylic acids is 1. The number of rotatable bonds is 4. The van der Waals surface area contributed by atoms with Gasteiger partial charge in [-0.2, -0.15) is 0 Å². The number of amides is 2. The third kappa shape index (κ3) is 3.59. The molecule has 2 amide bonds. The molecule has 1 aromatic rings. The topological polar surface area (TPSA) is 107 Å². The van der Waals surface area contributed by atoms with Crippen LogP contribution in [0, 0.1) is 6.92 Å². The molecule has 1 aromatic heterocycles. The molecule has 0 radical (unpaired) electrons. The molecule has 114 valence electrons. The summed E-state index contributed by atoms with van der Waals surface area (Å²) in [5, 5.41) is 21.0. The van der Waals surface area contributed by atoms with E-state index < -0.39 is 24.0 Å². The second kappa shape index (κ2) is 6.23. The highest BCUT2D eigenvalue weighted by Gasteiger charge is 2.38. The summed E-state index contributed by atoms with van der Waals surface area (Å²) in [5.74, 6) is -2.03. The van der Waals surface area contributed by atoms with E-state index in [1.807, 2.05) is 6.92 Å². The number of thiophene rings is 1. The fraction of sp³-hybridized carbons (Fsp3) is 0.462. The zero-order valence-corrected chi connectivity index (χ0v) is 12.2. The first-order valence-corrected chi connectivity index (χ1v) is 7.25. The highest BCUT2D eigenvalue weighted by molar-refractivity contribution is 7.13. The number of β-amino-alcohol motifs (C(OH)–C–C–N with tert-alkyl or cyclic N) is 1. The van der Waals surface area contributed by atoms with E-state index in [1.165, 1.54) is 11.3 Å². The Balaban J connectivity index is 1.92. The van der Waals surface area contributed by atoms with Crippen molar-refractivity contribution in [1.82, 2.24) is 10.2 Å². The molecule has 2 rings (SSSR count). The second-order valence-corrected chi connectivity index (χ2v) is 6.17. The maximum Gasteiger partial charge on any atom is 0.326 e. The van der Waals surface area contributed by atoms with Crippen LogP contribution in [0.3, 0.4) is 0 Å². The zero-order valence-electron chi connectivity index (χ0n) is 11.4. The second-order valence-electron chi connectivity index (χ2n) is 4.88. The summed E-state index contributed by atoms with van der Waals surface area (Å²) < 4.78 is 0. The van der Waals surface area contributed by atoms with E-state index in [1.54, 1.807) is 12.1 Å². The quantitative estimate of drug-likeness (QED) is 0.716. The van der Waals surface area contributed by atoms with Gasteiger partial charge in [0, 0.05) is 17.8 Å². The van der Waals surface area contributed by atoms with Crippen LogP contribution in [-0.2, 0) is 9.59 Å². The summed E-state index contributed by atoms with van der Waals surface area (Å²) in [6.45, 7) is 1.56. The average Bonchev–Trinajstić information content (AvgIpc) is 3.01. The van der Waals surface area contributed by atoms with E-state index in [0.29, 0.717) is 4.88 Å². The van der Waals surface area contributed by atoms with Gasteiger partial charge >= 0.3 is 5.97 Å². The molecular formula is C13H16N2O5S. The van der Waals surface area contributed by atoms with Gasteiger partial charge in [0.25, 0.3) is 5.91 Å². The first kappa shape index (κ1) is 15.5. The third-order valence-electron chi connectivity index (χ3n) is 3.25. The van der Waals surface area contributed by atoms with Crippen molar-refractivity contribution in [2.24, 2.45) is 0 Å². The fourth-order valence-corrected chi connectivity index (χ4v) is 3.01. The summed E-state index contributed by atoms with van der Waals surface area (Å²) in [4.78, 5) is 37.4. The van der Waals surface area contributed by atoms with Crippen molar-refractivity contribution in [2.75, 3.05) is 13.1 Å². The lowest BCUT2D eigenvalue weighted by atomic mass is 10.2. The van der Waals surface area contributed by atoms with Crippen molar-refractivity contribution in [2.45, 2.75) is 25.5 Å². The molecule has 0 saturated carbocycles. The molecule has 1 aliphatic rings. The predicted octanol–water partition coefficient (Wildman–Crippen LogP) is -0.167. The summed E-state index contributed by atoms with van der Waals surface area (Å²) in [7, 11) is 0. The molecule has 0 spiro atoms. The number of carbonyl (C=O) groups is 3. The number of carboxylic acids is 1. The van der Waals surface area contributed by atoms with Crippen LogP contribution in [-0.4, -0.2) is 58.1 Å². The van der Waals surface area contributed by atoms with Crippen molar-refractivity contribution in [3.63, 3.8) is 0 Å². The smallest absolute Gasteiger partial charge is 0.326 e. The molecular weight excluding hydrogens is 296 g/mol. The van der Waals surface area contributed by atoms with Gasteiger partial charge in [0.1, 0.15) is 6.04 Å². The fourth-order valence-electron chi connectivity index (χ4n) is 2.22. The lowest BCUT2D eigenvalue weighted by molar-refractivity contribution is -0.147. The normalized spacial score (nSPS) is 21.3. The van der Waals surface area contributed by atoms with Crippen LogP contribution in [0.1, 0.15) is 21.0 Å². The van der Waals surface area contributed by atoms with E-state index in [-0.39, 0.29) is 25.4 Å². The molecule has 0 bridgehead atoms. The van der Waals surface area contributed by atoms with Gasteiger partial charge in [0.15, 0.2) is 0 Å². The van der Waals surface area contributed by atoms with Gasteiger partial charge in [0.2, 0.25) is 5.91 Å². The standard InChI is InChI=1S/C13H16N2O5S/c1-7-2-3-10(21-7)12(18)14-5-11(17)15-6-8(16)4-9(15)13(19)20/h2-3,8-9,16H,4-6H2,1H3,(H,14,18)(H,19,20)/t8-,9-/m1/s1. The highest BCUT2D eigenvalue weighted by Crippen LogP contribution is 2.18. The first-order valence-electron chi connectivity index (χ1n) is 6.43. The Morgan fingerprint density at radius 3 is 2.71 bits per heavy atom. The number of hydrogen-bond donors (Lipinski definition) is 3. The third-order valence-corrected chi connectivity index (χ3v) is 4.25. The minimum Gasteiger partial charge on any atom is -0.480 e. The molecule has 0 aromatic carbocycles. The van der Waals surface area contributed by atoms with Gasteiger partial charge in [-0.25, -0.2) is 4.79 Å². The molecule has 21 heavy (non-hydrogen) atoms. The summed E-state index contributed by atoms with van der Waals surface area (Å²) in [6.07, 6.45) is -0.829. The van der Waals surface area contributed by atoms with E-state index >= 15 is 0 Å². The van der Waals surface area contributed by atoms with Crippen LogP contribution < -0.4 is 5.32 Å². The number of aliphatic hydroxyl groups excluding tert-OH is 1. The number of hydrogen-bond acceptors (Lipinski definition) is 5. The zero-order chi connectivity index (χ0) is 15.6.